The van der Waals surface area contributed by atoms with Crippen molar-refractivity contribution in [1.29, 1.82) is 0 Å². The van der Waals surface area contributed by atoms with Crippen molar-refractivity contribution < 1.29 is 19.1 Å². The van der Waals surface area contributed by atoms with Crippen LogP contribution in [0.25, 0.3) is 0 Å². The number of amides is 3. The topological polar surface area (TPSA) is 96.5 Å². The standard InChI is InChI=1S/C12H15N3O4/c1-8(10(16)14-15-12(18)19-2)13-11(17)9-6-4-3-5-7-9/h3-8H,1-2H3,(H,13,17)(H,14,16)(H,15,18). The first-order chi connectivity index (χ1) is 9.04. The summed E-state index contributed by atoms with van der Waals surface area (Å²) in [6.45, 7) is 1.50. The fourth-order valence-corrected chi connectivity index (χ4v) is 1.21. The van der Waals surface area contributed by atoms with Crippen molar-refractivity contribution in [2.75, 3.05) is 7.11 Å². The lowest BCUT2D eigenvalue weighted by Crippen LogP contribution is -2.51. The van der Waals surface area contributed by atoms with E-state index in [2.05, 4.69) is 15.5 Å². The zero-order valence-corrected chi connectivity index (χ0v) is 10.6. The summed E-state index contributed by atoms with van der Waals surface area (Å²) in [5.41, 5.74) is 4.57. The van der Waals surface area contributed by atoms with Gasteiger partial charge in [-0.1, -0.05) is 18.2 Å². The van der Waals surface area contributed by atoms with Gasteiger partial charge in [-0.3, -0.25) is 15.0 Å². The van der Waals surface area contributed by atoms with E-state index in [1.807, 2.05) is 5.43 Å². The first-order valence-electron chi connectivity index (χ1n) is 5.54. The highest BCUT2D eigenvalue weighted by Crippen LogP contribution is 1.98. The molecular weight excluding hydrogens is 250 g/mol. The second-order valence-electron chi connectivity index (χ2n) is 3.67. The Labute approximate surface area is 110 Å². The third kappa shape index (κ3) is 4.66. The van der Waals surface area contributed by atoms with Gasteiger partial charge in [-0.25, -0.2) is 10.2 Å². The molecule has 3 N–H and O–H groups in total. The Morgan fingerprint density at radius 1 is 1.11 bits per heavy atom. The number of rotatable bonds is 3. The Bertz CT molecular complexity index is 461. The van der Waals surface area contributed by atoms with Crippen molar-refractivity contribution in [2.45, 2.75) is 13.0 Å². The van der Waals surface area contributed by atoms with Gasteiger partial charge in [0.25, 0.3) is 11.8 Å². The second-order valence-corrected chi connectivity index (χ2v) is 3.67. The van der Waals surface area contributed by atoms with Gasteiger partial charge in [0.2, 0.25) is 0 Å². The number of ether oxygens (including phenoxy) is 1. The van der Waals surface area contributed by atoms with Gasteiger partial charge in [-0.15, -0.1) is 0 Å². The van der Waals surface area contributed by atoms with E-state index >= 15 is 0 Å². The summed E-state index contributed by atoms with van der Waals surface area (Å²) < 4.78 is 4.28. The van der Waals surface area contributed by atoms with E-state index in [4.69, 9.17) is 0 Å². The molecule has 0 spiro atoms. The maximum Gasteiger partial charge on any atom is 0.425 e. The van der Waals surface area contributed by atoms with Crippen LogP contribution in [-0.4, -0.2) is 31.1 Å². The Hall–Kier alpha value is -2.57. The number of carbonyl (C=O) groups is 3. The summed E-state index contributed by atoms with van der Waals surface area (Å²) >= 11 is 0. The van der Waals surface area contributed by atoms with Crippen molar-refractivity contribution in [3.8, 4) is 0 Å². The Balaban J connectivity index is 2.46. The summed E-state index contributed by atoms with van der Waals surface area (Å²) in [7, 11) is 1.17. The Morgan fingerprint density at radius 2 is 1.74 bits per heavy atom. The summed E-state index contributed by atoms with van der Waals surface area (Å²) in [6.07, 6.45) is -0.796. The third-order valence-corrected chi connectivity index (χ3v) is 2.25. The average Bonchev–Trinajstić information content (AvgIpc) is 2.44. The third-order valence-electron chi connectivity index (χ3n) is 2.25. The summed E-state index contributed by atoms with van der Waals surface area (Å²) in [4.78, 5) is 34.0. The molecule has 0 aliphatic heterocycles. The molecule has 102 valence electrons. The lowest BCUT2D eigenvalue weighted by Gasteiger charge is -2.14. The van der Waals surface area contributed by atoms with Crippen LogP contribution in [0, 0.1) is 0 Å². The van der Waals surface area contributed by atoms with Crippen molar-refractivity contribution in [1.82, 2.24) is 16.2 Å². The summed E-state index contributed by atoms with van der Waals surface area (Å²) in [6, 6.07) is 7.69. The molecule has 0 saturated heterocycles. The minimum absolute atomic E-state index is 0.374. The van der Waals surface area contributed by atoms with E-state index in [1.165, 1.54) is 14.0 Å². The van der Waals surface area contributed by atoms with Crippen LogP contribution in [-0.2, 0) is 9.53 Å². The molecule has 19 heavy (non-hydrogen) atoms. The Morgan fingerprint density at radius 3 is 2.32 bits per heavy atom. The van der Waals surface area contributed by atoms with E-state index in [9.17, 15) is 14.4 Å². The molecule has 0 aliphatic carbocycles. The number of methoxy groups -OCH3 is 1. The van der Waals surface area contributed by atoms with Crippen LogP contribution in [0.5, 0.6) is 0 Å². The maximum absolute atomic E-state index is 11.8. The highest BCUT2D eigenvalue weighted by Gasteiger charge is 2.16. The molecule has 1 aromatic carbocycles. The molecule has 0 aliphatic rings. The van der Waals surface area contributed by atoms with Gasteiger partial charge in [-0.2, -0.15) is 0 Å². The highest BCUT2D eigenvalue weighted by atomic mass is 16.5. The molecule has 1 rings (SSSR count). The number of benzene rings is 1. The lowest BCUT2D eigenvalue weighted by molar-refractivity contribution is -0.123. The fraction of sp³-hybridized carbons (Fsp3) is 0.250. The quantitative estimate of drug-likeness (QED) is 0.680. The molecule has 0 radical (unpaired) electrons. The van der Waals surface area contributed by atoms with Gasteiger partial charge < -0.3 is 10.1 Å². The van der Waals surface area contributed by atoms with Crippen LogP contribution in [0.15, 0.2) is 30.3 Å². The smallest absolute Gasteiger partial charge is 0.425 e. The molecule has 7 nitrogen and oxygen atoms in total. The first kappa shape index (κ1) is 14.5. The van der Waals surface area contributed by atoms with Gasteiger partial charge >= 0.3 is 6.09 Å². The molecule has 3 amide bonds. The molecular formula is C12H15N3O4. The number of hydrogen-bond acceptors (Lipinski definition) is 4. The average molecular weight is 265 g/mol. The van der Waals surface area contributed by atoms with Gasteiger partial charge in [0.15, 0.2) is 0 Å². The molecule has 0 aromatic heterocycles. The number of hydrogen-bond donors (Lipinski definition) is 3. The van der Waals surface area contributed by atoms with Crippen LogP contribution < -0.4 is 16.2 Å². The lowest BCUT2D eigenvalue weighted by atomic mass is 10.2. The zero-order valence-electron chi connectivity index (χ0n) is 10.6. The minimum atomic E-state index is -0.801. The first-order valence-corrected chi connectivity index (χ1v) is 5.54. The summed E-state index contributed by atoms with van der Waals surface area (Å²) in [5, 5.41) is 2.49. The summed E-state index contributed by atoms with van der Waals surface area (Å²) in [5.74, 6) is -0.934. The predicted octanol–water partition coefficient (Wildman–Crippen LogP) is 0.192. The molecule has 1 aromatic rings. The van der Waals surface area contributed by atoms with E-state index in [-0.39, 0.29) is 5.91 Å². The van der Waals surface area contributed by atoms with Crippen LogP contribution in [0.1, 0.15) is 17.3 Å². The van der Waals surface area contributed by atoms with Crippen molar-refractivity contribution in [3.05, 3.63) is 35.9 Å². The van der Waals surface area contributed by atoms with Gasteiger partial charge in [0.05, 0.1) is 7.11 Å². The zero-order chi connectivity index (χ0) is 14.3. The molecule has 0 bridgehead atoms. The molecule has 0 fully saturated rings. The highest BCUT2D eigenvalue weighted by molar-refractivity contribution is 5.97. The maximum atomic E-state index is 11.8. The van der Waals surface area contributed by atoms with Crippen LogP contribution in [0.4, 0.5) is 4.79 Å². The van der Waals surface area contributed by atoms with E-state index < -0.39 is 18.0 Å². The largest absolute Gasteiger partial charge is 0.452 e. The van der Waals surface area contributed by atoms with Crippen molar-refractivity contribution >= 4 is 17.9 Å². The van der Waals surface area contributed by atoms with E-state index in [0.29, 0.717) is 5.56 Å². The molecule has 1 unspecified atom stereocenters. The van der Waals surface area contributed by atoms with Crippen LogP contribution in [0.2, 0.25) is 0 Å². The van der Waals surface area contributed by atoms with Crippen LogP contribution in [0.3, 0.4) is 0 Å². The van der Waals surface area contributed by atoms with Gasteiger partial charge in [0, 0.05) is 5.56 Å². The molecule has 0 heterocycles. The van der Waals surface area contributed by atoms with Crippen molar-refractivity contribution in [3.63, 3.8) is 0 Å². The van der Waals surface area contributed by atoms with E-state index in [1.54, 1.807) is 30.3 Å². The number of carbonyl (C=O) groups excluding carboxylic acids is 3. The molecule has 1 atom stereocenters. The predicted molar refractivity (Wildman–Crippen MR) is 67.1 cm³/mol. The number of hydrazine groups is 1. The fourth-order valence-electron chi connectivity index (χ4n) is 1.21. The normalized spacial score (nSPS) is 11.1. The SMILES string of the molecule is COC(=O)NNC(=O)C(C)NC(=O)c1ccccc1. The van der Waals surface area contributed by atoms with Gasteiger partial charge in [-0.05, 0) is 19.1 Å². The second kappa shape index (κ2) is 7.00. The molecule has 0 saturated carbocycles. The van der Waals surface area contributed by atoms with Gasteiger partial charge in [0.1, 0.15) is 6.04 Å². The number of nitrogens with one attached hydrogen (secondary N) is 3. The molecule has 7 heteroatoms. The van der Waals surface area contributed by atoms with E-state index in [0.717, 1.165) is 0 Å². The Kier molecular flexibility index (Phi) is 5.34. The monoisotopic (exact) mass is 265 g/mol. The van der Waals surface area contributed by atoms with Crippen LogP contribution >= 0.6 is 0 Å². The minimum Gasteiger partial charge on any atom is -0.452 e. The van der Waals surface area contributed by atoms with Crippen molar-refractivity contribution in [2.24, 2.45) is 0 Å².